The standard InChI is InChI=1S/C16H23N3O2S/c1-11(16(5-6-16)15(17)21)12-3-4-13(22-12)14(20)19-9-7-18(2)8-10-19/h3-4,11H,5-10H2,1-2H3,(H2,17,21)/t11-/m0/s1. The molecule has 1 atom stereocenters. The number of piperazine rings is 1. The molecule has 1 aliphatic carbocycles. The Morgan fingerprint density at radius 1 is 1.23 bits per heavy atom. The van der Waals surface area contributed by atoms with Crippen LogP contribution in [-0.2, 0) is 4.79 Å². The number of nitrogens with two attached hydrogens (primary N) is 1. The molecule has 0 radical (unpaired) electrons. The summed E-state index contributed by atoms with van der Waals surface area (Å²) in [6.45, 7) is 5.46. The van der Waals surface area contributed by atoms with Gasteiger partial charge >= 0.3 is 0 Å². The lowest BCUT2D eigenvalue weighted by Crippen LogP contribution is -2.46. The zero-order chi connectivity index (χ0) is 15.9. The van der Waals surface area contributed by atoms with E-state index in [2.05, 4.69) is 11.9 Å². The SMILES string of the molecule is C[C@@H](c1ccc(C(=O)N2CCN(C)CC2)s1)C1(C(N)=O)CC1. The molecule has 2 aliphatic rings. The van der Waals surface area contributed by atoms with E-state index in [-0.39, 0.29) is 23.1 Å². The van der Waals surface area contributed by atoms with Crippen LogP contribution < -0.4 is 5.73 Å². The van der Waals surface area contributed by atoms with Gasteiger partial charge in [-0.3, -0.25) is 9.59 Å². The minimum absolute atomic E-state index is 0.101. The van der Waals surface area contributed by atoms with Crippen LogP contribution in [0.15, 0.2) is 12.1 Å². The van der Waals surface area contributed by atoms with Gasteiger partial charge < -0.3 is 15.5 Å². The van der Waals surface area contributed by atoms with E-state index in [9.17, 15) is 9.59 Å². The highest BCUT2D eigenvalue weighted by atomic mass is 32.1. The third-order valence-electron chi connectivity index (χ3n) is 5.16. The molecule has 120 valence electrons. The summed E-state index contributed by atoms with van der Waals surface area (Å²) in [4.78, 5) is 30.2. The molecule has 2 amide bonds. The summed E-state index contributed by atoms with van der Waals surface area (Å²) in [5.74, 6) is 0.00450. The first-order valence-corrected chi connectivity index (χ1v) is 8.63. The van der Waals surface area contributed by atoms with Crippen LogP contribution in [0.5, 0.6) is 0 Å². The Hall–Kier alpha value is -1.40. The topological polar surface area (TPSA) is 66.6 Å². The number of likely N-dealkylation sites (N-methyl/N-ethyl adjacent to an activating group) is 1. The van der Waals surface area contributed by atoms with Crippen molar-refractivity contribution in [1.82, 2.24) is 9.80 Å². The number of carbonyl (C=O) groups is 2. The van der Waals surface area contributed by atoms with E-state index in [1.807, 2.05) is 24.0 Å². The molecule has 1 aromatic heterocycles. The summed E-state index contributed by atoms with van der Waals surface area (Å²) in [5.41, 5.74) is 5.18. The monoisotopic (exact) mass is 321 g/mol. The number of hydrogen-bond donors (Lipinski definition) is 1. The number of amides is 2. The smallest absolute Gasteiger partial charge is 0.264 e. The van der Waals surface area contributed by atoms with Gasteiger partial charge in [-0.1, -0.05) is 6.92 Å². The van der Waals surface area contributed by atoms with E-state index in [4.69, 9.17) is 5.73 Å². The molecule has 2 heterocycles. The van der Waals surface area contributed by atoms with E-state index in [0.29, 0.717) is 0 Å². The Labute approximate surface area is 135 Å². The summed E-state index contributed by atoms with van der Waals surface area (Å²) < 4.78 is 0. The Kier molecular flexibility index (Phi) is 3.99. The van der Waals surface area contributed by atoms with Crippen molar-refractivity contribution < 1.29 is 9.59 Å². The number of carbonyl (C=O) groups excluding carboxylic acids is 2. The maximum absolute atomic E-state index is 12.6. The van der Waals surface area contributed by atoms with Crippen molar-refractivity contribution in [3.05, 3.63) is 21.9 Å². The van der Waals surface area contributed by atoms with Crippen LogP contribution in [0.2, 0.25) is 0 Å². The largest absolute Gasteiger partial charge is 0.369 e. The van der Waals surface area contributed by atoms with Crippen molar-refractivity contribution in [2.75, 3.05) is 33.2 Å². The van der Waals surface area contributed by atoms with Crippen molar-refractivity contribution in [3.63, 3.8) is 0 Å². The predicted octanol–water partition coefficient (Wildman–Crippen LogP) is 1.50. The van der Waals surface area contributed by atoms with Crippen molar-refractivity contribution >= 4 is 23.2 Å². The molecule has 3 rings (SSSR count). The average Bonchev–Trinajstić information content (AvgIpc) is 3.18. The van der Waals surface area contributed by atoms with Crippen LogP contribution >= 0.6 is 11.3 Å². The normalized spacial score (nSPS) is 22.4. The average molecular weight is 321 g/mol. The molecule has 5 nitrogen and oxygen atoms in total. The number of nitrogens with zero attached hydrogens (tertiary/aromatic N) is 2. The van der Waals surface area contributed by atoms with Gasteiger partial charge in [-0.2, -0.15) is 0 Å². The van der Waals surface area contributed by atoms with Gasteiger partial charge in [-0.05, 0) is 32.0 Å². The fraction of sp³-hybridized carbons (Fsp3) is 0.625. The molecule has 1 aromatic rings. The van der Waals surface area contributed by atoms with Crippen LogP contribution in [0, 0.1) is 5.41 Å². The van der Waals surface area contributed by atoms with Gasteiger partial charge in [0.15, 0.2) is 0 Å². The maximum Gasteiger partial charge on any atom is 0.264 e. The van der Waals surface area contributed by atoms with Crippen LogP contribution in [0.1, 0.15) is 40.2 Å². The van der Waals surface area contributed by atoms with Gasteiger partial charge in [-0.15, -0.1) is 11.3 Å². The Bertz CT molecular complexity index is 586. The fourth-order valence-corrected chi connectivity index (χ4v) is 4.31. The molecular formula is C16H23N3O2S. The van der Waals surface area contributed by atoms with Crippen molar-refractivity contribution in [2.45, 2.75) is 25.7 Å². The van der Waals surface area contributed by atoms with Gasteiger partial charge in [-0.25, -0.2) is 0 Å². The minimum Gasteiger partial charge on any atom is -0.369 e. The third kappa shape index (κ3) is 2.65. The highest BCUT2D eigenvalue weighted by Crippen LogP contribution is 2.56. The second-order valence-corrected chi connectivity index (χ2v) is 7.65. The van der Waals surface area contributed by atoms with Crippen LogP contribution in [0.3, 0.4) is 0 Å². The lowest BCUT2D eigenvalue weighted by molar-refractivity contribution is -0.123. The summed E-state index contributed by atoms with van der Waals surface area (Å²) in [6.07, 6.45) is 1.73. The molecule has 0 bridgehead atoms. The van der Waals surface area contributed by atoms with Crippen LogP contribution in [-0.4, -0.2) is 54.8 Å². The minimum atomic E-state index is -0.376. The lowest BCUT2D eigenvalue weighted by atomic mass is 9.89. The van der Waals surface area contributed by atoms with E-state index in [1.165, 1.54) is 11.3 Å². The number of hydrogen-bond acceptors (Lipinski definition) is 4. The van der Waals surface area contributed by atoms with Crippen molar-refractivity contribution in [1.29, 1.82) is 0 Å². The zero-order valence-corrected chi connectivity index (χ0v) is 14.0. The molecule has 6 heteroatoms. The van der Waals surface area contributed by atoms with E-state index in [0.717, 1.165) is 48.8 Å². The molecular weight excluding hydrogens is 298 g/mol. The summed E-state index contributed by atoms with van der Waals surface area (Å²) in [6, 6.07) is 3.88. The number of rotatable bonds is 4. The van der Waals surface area contributed by atoms with Gasteiger partial charge in [0.1, 0.15) is 0 Å². The van der Waals surface area contributed by atoms with Crippen molar-refractivity contribution in [3.8, 4) is 0 Å². The summed E-state index contributed by atoms with van der Waals surface area (Å²) in [5, 5.41) is 0. The highest BCUT2D eigenvalue weighted by molar-refractivity contribution is 7.14. The van der Waals surface area contributed by atoms with E-state index < -0.39 is 0 Å². The third-order valence-corrected chi connectivity index (χ3v) is 6.42. The Balaban J connectivity index is 1.71. The second kappa shape index (κ2) is 5.66. The molecule has 0 spiro atoms. The fourth-order valence-electron chi connectivity index (χ4n) is 3.17. The Morgan fingerprint density at radius 3 is 2.41 bits per heavy atom. The molecule has 0 unspecified atom stereocenters. The first-order valence-electron chi connectivity index (χ1n) is 7.81. The zero-order valence-electron chi connectivity index (χ0n) is 13.2. The van der Waals surface area contributed by atoms with Crippen LogP contribution in [0.25, 0.3) is 0 Å². The predicted molar refractivity (Wildman–Crippen MR) is 87.0 cm³/mol. The maximum atomic E-state index is 12.6. The molecule has 0 aromatic carbocycles. The molecule has 1 saturated heterocycles. The van der Waals surface area contributed by atoms with Gasteiger partial charge in [0.25, 0.3) is 5.91 Å². The quantitative estimate of drug-likeness (QED) is 0.914. The second-order valence-electron chi connectivity index (χ2n) is 6.54. The molecule has 2 N–H and O–H groups in total. The summed E-state index contributed by atoms with van der Waals surface area (Å²) >= 11 is 1.52. The summed E-state index contributed by atoms with van der Waals surface area (Å²) in [7, 11) is 2.08. The number of primary amides is 1. The van der Waals surface area contributed by atoms with E-state index in [1.54, 1.807) is 0 Å². The Morgan fingerprint density at radius 2 is 1.86 bits per heavy atom. The molecule has 1 saturated carbocycles. The molecule has 2 fully saturated rings. The van der Waals surface area contributed by atoms with Gasteiger partial charge in [0.05, 0.1) is 10.3 Å². The first-order chi connectivity index (χ1) is 10.4. The van der Waals surface area contributed by atoms with Gasteiger partial charge in [0, 0.05) is 37.0 Å². The highest BCUT2D eigenvalue weighted by Gasteiger charge is 2.53. The van der Waals surface area contributed by atoms with Crippen LogP contribution in [0.4, 0.5) is 0 Å². The number of thiophene rings is 1. The lowest BCUT2D eigenvalue weighted by Gasteiger charge is -2.32. The molecule has 22 heavy (non-hydrogen) atoms. The first kappa shape index (κ1) is 15.5. The van der Waals surface area contributed by atoms with Gasteiger partial charge in [0.2, 0.25) is 5.91 Å². The molecule has 1 aliphatic heterocycles. The van der Waals surface area contributed by atoms with Crippen molar-refractivity contribution in [2.24, 2.45) is 11.1 Å². The van der Waals surface area contributed by atoms with E-state index >= 15 is 0 Å².